The molecule has 106 valence electrons. The molecule has 0 spiro atoms. The second-order valence-corrected chi connectivity index (χ2v) is 4.94. The van der Waals surface area contributed by atoms with Crippen LogP contribution < -0.4 is 10.2 Å². The number of aromatic nitrogens is 2. The molecule has 1 aromatic heterocycles. The normalized spacial score (nSPS) is 19.1. The van der Waals surface area contributed by atoms with Gasteiger partial charge in [0.1, 0.15) is 6.10 Å². The number of nitrogens with one attached hydrogen (secondary N) is 2. The number of aromatic amines is 1. The molecule has 1 fully saturated rings. The number of nitrogens with zero attached hydrogens (tertiary/aromatic N) is 2. The van der Waals surface area contributed by atoms with Crippen LogP contribution >= 0.6 is 0 Å². The lowest BCUT2D eigenvalue weighted by molar-refractivity contribution is 0.0898. The van der Waals surface area contributed by atoms with Crippen molar-refractivity contribution < 1.29 is 9.53 Å². The molecule has 1 atom stereocenters. The molecule has 1 aliphatic heterocycles. The summed E-state index contributed by atoms with van der Waals surface area (Å²) in [5, 5.41) is 2.49. The highest BCUT2D eigenvalue weighted by atomic mass is 16.6. The average molecular weight is 274 g/mol. The number of H-pyrrole nitrogens is 1. The lowest BCUT2D eigenvalue weighted by Crippen LogP contribution is -2.42. The number of piperidine rings is 1. The minimum absolute atomic E-state index is 0.0862. The van der Waals surface area contributed by atoms with Crippen molar-refractivity contribution in [3.05, 3.63) is 24.3 Å². The predicted octanol–water partition coefficient (Wildman–Crippen LogP) is 1.89. The van der Waals surface area contributed by atoms with E-state index in [0.717, 1.165) is 36.4 Å². The number of imidazole rings is 1. The van der Waals surface area contributed by atoms with Gasteiger partial charge in [0.05, 0.1) is 17.6 Å². The summed E-state index contributed by atoms with van der Waals surface area (Å²) in [4.78, 5) is 21.3. The average Bonchev–Trinajstić information content (AvgIpc) is 2.91. The fourth-order valence-electron chi connectivity index (χ4n) is 2.53. The zero-order valence-corrected chi connectivity index (χ0v) is 11.4. The van der Waals surface area contributed by atoms with Gasteiger partial charge in [0.2, 0.25) is 5.95 Å². The molecule has 1 aromatic carbocycles. The number of amides is 1. The summed E-state index contributed by atoms with van der Waals surface area (Å²) in [5.41, 5.74) is 1.98. The zero-order valence-electron chi connectivity index (χ0n) is 11.4. The fourth-order valence-corrected chi connectivity index (χ4v) is 2.53. The number of anilines is 1. The van der Waals surface area contributed by atoms with Crippen LogP contribution in [0.3, 0.4) is 0 Å². The molecule has 1 saturated heterocycles. The van der Waals surface area contributed by atoms with Gasteiger partial charge in [0.25, 0.3) is 0 Å². The number of fused-ring (bicyclic) bond motifs is 1. The number of para-hydroxylation sites is 2. The molecular formula is C14H18N4O2. The molecule has 2 heterocycles. The Bertz CT molecular complexity index is 577. The van der Waals surface area contributed by atoms with Crippen LogP contribution in [0.4, 0.5) is 10.7 Å². The summed E-state index contributed by atoms with van der Waals surface area (Å²) in [6, 6.07) is 7.95. The first-order chi connectivity index (χ1) is 9.76. The van der Waals surface area contributed by atoms with Crippen LogP contribution in [0.25, 0.3) is 11.0 Å². The quantitative estimate of drug-likeness (QED) is 0.877. The molecule has 6 heteroatoms. The standard InChI is InChI=1S/C14H18N4O2/c1-15-14(19)20-10-5-4-8-18(9-10)13-16-11-6-2-3-7-12(11)17-13/h2-3,6-7,10H,4-5,8-9H2,1H3,(H,15,19)(H,16,17). The van der Waals surface area contributed by atoms with E-state index in [4.69, 9.17) is 4.74 Å². The summed E-state index contributed by atoms with van der Waals surface area (Å²) >= 11 is 0. The fraction of sp³-hybridized carbons (Fsp3) is 0.429. The summed E-state index contributed by atoms with van der Waals surface area (Å²) < 4.78 is 5.33. The molecule has 20 heavy (non-hydrogen) atoms. The second kappa shape index (κ2) is 5.40. The Morgan fingerprint density at radius 2 is 2.35 bits per heavy atom. The molecular weight excluding hydrogens is 256 g/mol. The molecule has 1 unspecified atom stereocenters. The van der Waals surface area contributed by atoms with Crippen LogP contribution in [0.2, 0.25) is 0 Å². The van der Waals surface area contributed by atoms with Crippen LogP contribution in [0.5, 0.6) is 0 Å². The highest BCUT2D eigenvalue weighted by Crippen LogP contribution is 2.21. The minimum Gasteiger partial charge on any atom is -0.444 e. The first kappa shape index (κ1) is 12.8. The van der Waals surface area contributed by atoms with Gasteiger partial charge in [-0.3, -0.25) is 0 Å². The third-order valence-electron chi connectivity index (χ3n) is 3.53. The van der Waals surface area contributed by atoms with E-state index in [-0.39, 0.29) is 12.2 Å². The first-order valence-corrected chi connectivity index (χ1v) is 6.84. The topological polar surface area (TPSA) is 70.2 Å². The van der Waals surface area contributed by atoms with Crippen LogP contribution in [-0.2, 0) is 4.74 Å². The van der Waals surface area contributed by atoms with Gasteiger partial charge in [-0.2, -0.15) is 0 Å². The number of ether oxygens (including phenoxy) is 1. The Kier molecular flexibility index (Phi) is 3.45. The zero-order chi connectivity index (χ0) is 13.9. The molecule has 2 aromatic rings. The molecule has 2 N–H and O–H groups in total. The van der Waals surface area contributed by atoms with E-state index in [0.29, 0.717) is 6.54 Å². The van der Waals surface area contributed by atoms with Crippen molar-refractivity contribution in [3.63, 3.8) is 0 Å². The Morgan fingerprint density at radius 3 is 3.15 bits per heavy atom. The Balaban J connectivity index is 1.74. The molecule has 0 bridgehead atoms. The maximum absolute atomic E-state index is 11.3. The van der Waals surface area contributed by atoms with Crippen LogP contribution in [-0.4, -0.2) is 42.3 Å². The number of benzene rings is 1. The Morgan fingerprint density at radius 1 is 1.50 bits per heavy atom. The van der Waals surface area contributed by atoms with Gasteiger partial charge in [-0.05, 0) is 25.0 Å². The van der Waals surface area contributed by atoms with Crippen molar-refractivity contribution >= 4 is 23.1 Å². The third-order valence-corrected chi connectivity index (χ3v) is 3.53. The van der Waals surface area contributed by atoms with Gasteiger partial charge >= 0.3 is 6.09 Å². The summed E-state index contributed by atoms with van der Waals surface area (Å²) in [5.74, 6) is 0.844. The van der Waals surface area contributed by atoms with Crippen molar-refractivity contribution in [3.8, 4) is 0 Å². The highest BCUT2D eigenvalue weighted by Gasteiger charge is 2.24. The van der Waals surface area contributed by atoms with Crippen molar-refractivity contribution in [2.45, 2.75) is 18.9 Å². The van der Waals surface area contributed by atoms with Gasteiger partial charge < -0.3 is 19.9 Å². The van der Waals surface area contributed by atoms with Gasteiger partial charge in [-0.1, -0.05) is 12.1 Å². The Hall–Kier alpha value is -2.24. The molecule has 1 aliphatic rings. The molecule has 6 nitrogen and oxygen atoms in total. The SMILES string of the molecule is CNC(=O)OC1CCCN(c2nc3ccccc3[nH]2)C1. The predicted molar refractivity (Wildman–Crippen MR) is 76.9 cm³/mol. The lowest BCUT2D eigenvalue weighted by atomic mass is 10.1. The maximum atomic E-state index is 11.3. The van der Waals surface area contributed by atoms with E-state index in [2.05, 4.69) is 20.2 Å². The molecule has 0 aliphatic carbocycles. The number of hydrogen-bond acceptors (Lipinski definition) is 4. The van der Waals surface area contributed by atoms with Crippen molar-refractivity contribution in [2.24, 2.45) is 0 Å². The first-order valence-electron chi connectivity index (χ1n) is 6.84. The van der Waals surface area contributed by atoms with Gasteiger partial charge in [0, 0.05) is 13.6 Å². The molecule has 0 radical (unpaired) electrons. The minimum atomic E-state index is -0.374. The monoisotopic (exact) mass is 274 g/mol. The summed E-state index contributed by atoms with van der Waals surface area (Å²) in [6.07, 6.45) is 1.42. The van der Waals surface area contributed by atoms with E-state index in [1.54, 1.807) is 7.05 Å². The second-order valence-electron chi connectivity index (χ2n) is 4.94. The van der Waals surface area contributed by atoms with E-state index in [9.17, 15) is 4.79 Å². The highest BCUT2D eigenvalue weighted by molar-refractivity contribution is 5.77. The van der Waals surface area contributed by atoms with E-state index < -0.39 is 0 Å². The third kappa shape index (κ3) is 2.54. The molecule has 0 saturated carbocycles. The molecule has 3 rings (SSSR count). The van der Waals surface area contributed by atoms with Gasteiger partial charge in [0.15, 0.2) is 0 Å². The largest absolute Gasteiger partial charge is 0.444 e. The van der Waals surface area contributed by atoms with Gasteiger partial charge in [-0.25, -0.2) is 9.78 Å². The molecule has 1 amide bonds. The van der Waals surface area contributed by atoms with E-state index >= 15 is 0 Å². The van der Waals surface area contributed by atoms with Crippen molar-refractivity contribution in [2.75, 3.05) is 25.0 Å². The number of rotatable bonds is 2. The van der Waals surface area contributed by atoms with E-state index in [1.165, 1.54) is 0 Å². The maximum Gasteiger partial charge on any atom is 0.407 e. The van der Waals surface area contributed by atoms with Crippen molar-refractivity contribution in [1.29, 1.82) is 0 Å². The van der Waals surface area contributed by atoms with E-state index in [1.807, 2.05) is 24.3 Å². The van der Waals surface area contributed by atoms with Crippen LogP contribution in [0.15, 0.2) is 24.3 Å². The lowest BCUT2D eigenvalue weighted by Gasteiger charge is -2.31. The Labute approximate surface area is 117 Å². The number of carbonyl (C=O) groups excluding carboxylic acids is 1. The smallest absolute Gasteiger partial charge is 0.407 e. The summed E-state index contributed by atoms with van der Waals surface area (Å²) in [7, 11) is 1.57. The van der Waals surface area contributed by atoms with Crippen LogP contribution in [0.1, 0.15) is 12.8 Å². The van der Waals surface area contributed by atoms with Crippen molar-refractivity contribution in [1.82, 2.24) is 15.3 Å². The number of alkyl carbamates (subject to hydrolysis) is 1. The number of carbonyl (C=O) groups is 1. The van der Waals surface area contributed by atoms with Crippen LogP contribution in [0, 0.1) is 0 Å². The summed E-state index contributed by atoms with van der Waals surface area (Å²) in [6.45, 7) is 1.60. The van der Waals surface area contributed by atoms with Gasteiger partial charge in [-0.15, -0.1) is 0 Å². The number of hydrogen-bond donors (Lipinski definition) is 2.